The fourth-order valence-corrected chi connectivity index (χ4v) is 5.28. The van der Waals surface area contributed by atoms with Crippen molar-refractivity contribution in [1.82, 2.24) is 14.5 Å². The lowest BCUT2D eigenvalue weighted by Crippen LogP contribution is -2.51. The molecule has 138 valence electrons. The predicted octanol–water partition coefficient (Wildman–Crippen LogP) is -0.588. The van der Waals surface area contributed by atoms with Gasteiger partial charge in [0.05, 0.1) is 24.8 Å². The van der Waals surface area contributed by atoms with E-state index in [-0.39, 0.29) is 12.5 Å². The standard InChI is InChI=1S/C15H27N3O5S/c1-17(11-14(19)18-9-7-16-8-10-18)24(21,22)13-6-4-3-5-12(13)15(20)23-2/h12-13,16H,3-11H2,1-2H3. The molecule has 1 N–H and O–H groups in total. The Hall–Kier alpha value is -1.19. The Balaban J connectivity index is 2.06. The molecule has 2 atom stereocenters. The maximum atomic E-state index is 12.9. The Morgan fingerprint density at radius 1 is 1.21 bits per heavy atom. The SMILES string of the molecule is COC(=O)C1CCCCC1S(=O)(=O)N(C)CC(=O)N1CCNCC1. The van der Waals surface area contributed by atoms with Crippen molar-refractivity contribution in [1.29, 1.82) is 0 Å². The molecular weight excluding hydrogens is 334 g/mol. The maximum absolute atomic E-state index is 12.9. The zero-order valence-corrected chi connectivity index (χ0v) is 15.2. The smallest absolute Gasteiger partial charge is 0.310 e. The first-order valence-corrected chi connectivity index (χ1v) is 9.89. The van der Waals surface area contributed by atoms with Crippen LogP contribution in [0.1, 0.15) is 25.7 Å². The van der Waals surface area contributed by atoms with E-state index < -0.39 is 27.2 Å². The molecular formula is C15H27N3O5S. The Bertz CT molecular complexity index is 559. The maximum Gasteiger partial charge on any atom is 0.310 e. The number of esters is 1. The Kier molecular flexibility index (Phi) is 6.59. The van der Waals surface area contributed by atoms with E-state index in [0.717, 1.165) is 30.2 Å². The van der Waals surface area contributed by atoms with Gasteiger partial charge in [-0.25, -0.2) is 8.42 Å². The molecule has 0 radical (unpaired) electrons. The van der Waals surface area contributed by atoms with Gasteiger partial charge >= 0.3 is 5.97 Å². The van der Waals surface area contributed by atoms with Crippen LogP contribution in [0.3, 0.4) is 0 Å². The van der Waals surface area contributed by atoms with Gasteiger partial charge in [0.2, 0.25) is 15.9 Å². The molecule has 2 aliphatic rings. The molecule has 9 heteroatoms. The van der Waals surface area contributed by atoms with E-state index >= 15 is 0 Å². The van der Waals surface area contributed by atoms with Gasteiger partial charge in [-0.1, -0.05) is 12.8 Å². The van der Waals surface area contributed by atoms with E-state index in [0.29, 0.717) is 25.9 Å². The molecule has 0 aromatic heterocycles. The fourth-order valence-electron chi connectivity index (χ4n) is 3.40. The number of carbonyl (C=O) groups excluding carboxylic acids is 2. The highest BCUT2D eigenvalue weighted by molar-refractivity contribution is 7.89. The number of sulfonamides is 1. The molecule has 0 bridgehead atoms. The van der Waals surface area contributed by atoms with Crippen molar-refractivity contribution in [2.24, 2.45) is 5.92 Å². The molecule has 0 spiro atoms. The molecule has 2 fully saturated rings. The molecule has 1 heterocycles. The van der Waals surface area contributed by atoms with Crippen LogP contribution in [0.4, 0.5) is 0 Å². The van der Waals surface area contributed by atoms with Gasteiger partial charge in [0, 0.05) is 33.2 Å². The van der Waals surface area contributed by atoms with Crippen LogP contribution in [0.2, 0.25) is 0 Å². The fraction of sp³-hybridized carbons (Fsp3) is 0.867. The van der Waals surface area contributed by atoms with Crippen molar-refractivity contribution in [3.63, 3.8) is 0 Å². The molecule has 2 unspecified atom stereocenters. The number of piperazine rings is 1. The van der Waals surface area contributed by atoms with Crippen molar-refractivity contribution in [3.8, 4) is 0 Å². The zero-order chi connectivity index (χ0) is 17.7. The summed E-state index contributed by atoms with van der Waals surface area (Å²) in [4.78, 5) is 25.9. The minimum Gasteiger partial charge on any atom is -0.469 e. The summed E-state index contributed by atoms with van der Waals surface area (Å²) in [7, 11) is -1.04. The van der Waals surface area contributed by atoms with Crippen molar-refractivity contribution in [2.75, 3.05) is 46.9 Å². The minimum absolute atomic E-state index is 0.188. The second-order valence-corrected chi connectivity index (χ2v) is 8.64. The van der Waals surface area contributed by atoms with Crippen LogP contribution in [0.25, 0.3) is 0 Å². The van der Waals surface area contributed by atoms with Gasteiger partial charge in [0.15, 0.2) is 0 Å². The van der Waals surface area contributed by atoms with Crippen LogP contribution in [0.5, 0.6) is 0 Å². The molecule has 2 rings (SSSR count). The van der Waals surface area contributed by atoms with Gasteiger partial charge < -0.3 is 15.0 Å². The van der Waals surface area contributed by atoms with E-state index in [1.165, 1.54) is 14.2 Å². The van der Waals surface area contributed by atoms with Crippen molar-refractivity contribution >= 4 is 21.9 Å². The van der Waals surface area contributed by atoms with Gasteiger partial charge in [-0.15, -0.1) is 0 Å². The van der Waals surface area contributed by atoms with E-state index in [2.05, 4.69) is 5.32 Å². The highest BCUT2D eigenvalue weighted by atomic mass is 32.2. The first-order chi connectivity index (χ1) is 11.4. The van der Waals surface area contributed by atoms with Gasteiger partial charge in [-0.05, 0) is 12.8 Å². The number of methoxy groups -OCH3 is 1. The molecule has 1 saturated carbocycles. The number of hydrogen-bond donors (Lipinski definition) is 1. The monoisotopic (exact) mass is 361 g/mol. The largest absolute Gasteiger partial charge is 0.469 e. The number of nitrogens with one attached hydrogen (secondary N) is 1. The number of ether oxygens (including phenoxy) is 1. The molecule has 1 aliphatic heterocycles. The van der Waals surface area contributed by atoms with Crippen LogP contribution in [0, 0.1) is 5.92 Å². The summed E-state index contributed by atoms with van der Waals surface area (Å²) in [5.74, 6) is -1.33. The summed E-state index contributed by atoms with van der Waals surface area (Å²) in [6.45, 7) is 2.42. The second kappa shape index (κ2) is 8.26. The Morgan fingerprint density at radius 2 is 1.83 bits per heavy atom. The Labute approximate surface area is 143 Å². The molecule has 0 aromatic rings. The van der Waals surface area contributed by atoms with Crippen LogP contribution in [-0.2, 0) is 24.3 Å². The zero-order valence-electron chi connectivity index (χ0n) is 14.4. The average Bonchev–Trinajstić information content (AvgIpc) is 2.61. The summed E-state index contributed by atoms with van der Waals surface area (Å²) in [5, 5.41) is 2.35. The number of amides is 1. The Morgan fingerprint density at radius 3 is 2.46 bits per heavy atom. The number of rotatable bonds is 5. The van der Waals surface area contributed by atoms with Gasteiger partial charge in [0.1, 0.15) is 0 Å². The third-order valence-corrected chi connectivity index (χ3v) is 7.18. The lowest BCUT2D eigenvalue weighted by Gasteiger charge is -2.33. The average molecular weight is 361 g/mol. The van der Waals surface area contributed by atoms with Crippen molar-refractivity contribution in [2.45, 2.75) is 30.9 Å². The van der Waals surface area contributed by atoms with Crippen LogP contribution >= 0.6 is 0 Å². The van der Waals surface area contributed by atoms with Gasteiger partial charge in [-0.2, -0.15) is 4.31 Å². The summed E-state index contributed by atoms with van der Waals surface area (Å²) in [6.07, 6.45) is 2.51. The summed E-state index contributed by atoms with van der Waals surface area (Å²) < 4.78 is 31.6. The summed E-state index contributed by atoms with van der Waals surface area (Å²) >= 11 is 0. The molecule has 1 amide bonds. The normalized spacial score (nSPS) is 25.5. The quantitative estimate of drug-likeness (QED) is 0.658. The topological polar surface area (TPSA) is 96.0 Å². The van der Waals surface area contributed by atoms with Crippen molar-refractivity contribution in [3.05, 3.63) is 0 Å². The molecule has 0 aromatic carbocycles. The van der Waals surface area contributed by atoms with Crippen LogP contribution < -0.4 is 5.32 Å². The van der Waals surface area contributed by atoms with E-state index in [4.69, 9.17) is 4.74 Å². The third-order valence-electron chi connectivity index (χ3n) is 4.85. The number of likely N-dealkylation sites (N-methyl/N-ethyl adjacent to an activating group) is 1. The highest BCUT2D eigenvalue weighted by Gasteiger charge is 2.42. The summed E-state index contributed by atoms with van der Waals surface area (Å²) in [5.41, 5.74) is 0. The molecule has 1 aliphatic carbocycles. The minimum atomic E-state index is -3.73. The number of nitrogens with zero attached hydrogens (tertiary/aromatic N) is 2. The van der Waals surface area contributed by atoms with Crippen LogP contribution in [0.15, 0.2) is 0 Å². The predicted molar refractivity (Wildman–Crippen MR) is 88.8 cm³/mol. The first kappa shape index (κ1) is 19.1. The van der Waals surface area contributed by atoms with E-state index in [1.54, 1.807) is 4.90 Å². The molecule has 8 nitrogen and oxygen atoms in total. The second-order valence-electron chi connectivity index (χ2n) is 6.38. The summed E-state index contributed by atoms with van der Waals surface area (Å²) in [6, 6.07) is 0. The number of hydrogen-bond acceptors (Lipinski definition) is 6. The van der Waals surface area contributed by atoms with E-state index in [1.807, 2.05) is 0 Å². The molecule has 24 heavy (non-hydrogen) atoms. The van der Waals surface area contributed by atoms with Crippen LogP contribution in [-0.4, -0.2) is 81.6 Å². The van der Waals surface area contributed by atoms with E-state index in [9.17, 15) is 18.0 Å². The highest BCUT2D eigenvalue weighted by Crippen LogP contribution is 2.32. The molecule has 1 saturated heterocycles. The number of carbonyl (C=O) groups is 2. The van der Waals surface area contributed by atoms with Gasteiger partial charge in [-0.3, -0.25) is 9.59 Å². The third kappa shape index (κ3) is 4.25. The van der Waals surface area contributed by atoms with Crippen molar-refractivity contribution < 1.29 is 22.7 Å². The lowest BCUT2D eigenvalue weighted by atomic mass is 9.89. The lowest BCUT2D eigenvalue weighted by molar-refractivity contribution is -0.146. The van der Waals surface area contributed by atoms with Gasteiger partial charge in [0.25, 0.3) is 0 Å². The first-order valence-electron chi connectivity index (χ1n) is 8.39.